The van der Waals surface area contributed by atoms with E-state index in [2.05, 4.69) is 56.1 Å². The molecule has 2 fully saturated rings. The van der Waals surface area contributed by atoms with Gasteiger partial charge in [-0.1, -0.05) is 69.3 Å². The van der Waals surface area contributed by atoms with Gasteiger partial charge in [0.25, 0.3) is 5.91 Å². The number of piperidine rings is 1. The van der Waals surface area contributed by atoms with E-state index in [1.165, 1.54) is 6.07 Å². The van der Waals surface area contributed by atoms with E-state index in [0.29, 0.717) is 31.0 Å². The number of aryl methyl sites for hydroxylation is 1. The topological polar surface area (TPSA) is 61.9 Å². The van der Waals surface area contributed by atoms with Crippen molar-refractivity contribution in [2.24, 2.45) is 5.92 Å². The smallest absolute Gasteiger partial charge is 0.257 e. The van der Waals surface area contributed by atoms with E-state index >= 15 is 4.39 Å². The zero-order valence-electron chi connectivity index (χ0n) is 26.0. The van der Waals surface area contributed by atoms with Crippen molar-refractivity contribution in [3.05, 3.63) is 100 Å². The van der Waals surface area contributed by atoms with Gasteiger partial charge in [-0.15, -0.1) is 0 Å². The number of morpholine rings is 1. The third kappa shape index (κ3) is 7.00. The Kier molecular flexibility index (Phi) is 9.33. The quantitative estimate of drug-likeness (QED) is 0.343. The highest BCUT2D eigenvalue weighted by atomic mass is 19.1. The molecule has 7 heteroatoms. The molecule has 2 aliphatic heterocycles. The molecule has 5 rings (SSSR count). The third-order valence-corrected chi connectivity index (χ3v) is 8.87. The van der Waals surface area contributed by atoms with Crippen LogP contribution in [0.1, 0.15) is 79.2 Å². The van der Waals surface area contributed by atoms with Gasteiger partial charge in [0.2, 0.25) is 5.91 Å². The normalized spacial score (nSPS) is 21.4. The number of hydrogen-bond donors (Lipinski definition) is 1. The van der Waals surface area contributed by atoms with Crippen LogP contribution in [-0.2, 0) is 21.5 Å². The number of likely N-dealkylation sites (tertiary alicyclic amines) is 1. The first-order chi connectivity index (χ1) is 20.5. The van der Waals surface area contributed by atoms with Crippen LogP contribution in [0.25, 0.3) is 0 Å². The van der Waals surface area contributed by atoms with Crippen LogP contribution >= 0.6 is 0 Å². The van der Waals surface area contributed by atoms with Crippen molar-refractivity contribution < 1.29 is 18.7 Å². The first-order valence-electron chi connectivity index (χ1n) is 15.4. The van der Waals surface area contributed by atoms with Crippen molar-refractivity contribution in [2.45, 2.75) is 71.5 Å². The lowest BCUT2D eigenvalue weighted by molar-refractivity contribution is -0.123. The number of carbonyl (C=O) groups is 2. The number of anilines is 1. The molecule has 0 bridgehead atoms. The van der Waals surface area contributed by atoms with Gasteiger partial charge < -0.3 is 15.0 Å². The lowest BCUT2D eigenvalue weighted by atomic mass is 9.82. The molecule has 0 spiro atoms. The first kappa shape index (κ1) is 30.9. The Balaban J connectivity index is 1.46. The largest absolute Gasteiger partial charge is 0.379 e. The second-order valence-corrected chi connectivity index (χ2v) is 13.1. The monoisotopic (exact) mass is 585 g/mol. The summed E-state index contributed by atoms with van der Waals surface area (Å²) in [6.45, 7) is 13.9. The predicted molar refractivity (Wildman–Crippen MR) is 169 cm³/mol. The molecule has 0 radical (unpaired) electrons. The van der Waals surface area contributed by atoms with Gasteiger partial charge in [0.05, 0.1) is 30.7 Å². The third-order valence-electron chi connectivity index (χ3n) is 8.87. The van der Waals surface area contributed by atoms with Gasteiger partial charge in [0.15, 0.2) is 0 Å². The van der Waals surface area contributed by atoms with E-state index in [0.717, 1.165) is 48.7 Å². The zero-order valence-corrected chi connectivity index (χ0v) is 26.0. The molecule has 6 nitrogen and oxygen atoms in total. The molecule has 2 heterocycles. The molecule has 1 N–H and O–H groups in total. The SMILES string of the molecule is Cc1cccc(F)c1C(=O)N1CCCC(C(=O)Nc2cccc(C(C)(C)C)c2)C1c1ccc(CN2CCOC[C@@H]2C)cc1. The molecular formula is C36H44FN3O3. The summed E-state index contributed by atoms with van der Waals surface area (Å²) in [6, 6.07) is 20.7. The number of benzene rings is 3. The summed E-state index contributed by atoms with van der Waals surface area (Å²) in [5.74, 6) is -1.54. The number of hydrogen-bond acceptors (Lipinski definition) is 4. The number of rotatable bonds is 6. The maximum absolute atomic E-state index is 15.0. The molecule has 2 amide bonds. The van der Waals surface area contributed by atoms with Gasteiger partial charge in [-0.2, -0.15) is 0 Å². The minimum absolute atomic E-state index is 0.0598. The zero-order chi connectivity index (χ0) is 30.7. The highest BCUT2D eigenvalue weighted by Gasteiger charge is 2.40. The lowest BCUT2D eigenvalue weighted by Gasteiger charge is -2.41. The number of amides is 2. The number of carbonyl (C=O) groups excluding carboxylic acids is 2. The molecule has 43 heavy (non-hydrogen) atoms. The van der Waals surface area contributed by atoms with Crippen molar-refractivity contribution in [3.8, 4) is 0 Å². The first-order valence-corrected chi connectivity index (χ1v) is 15.4. The fourth-order valence-electron chi connectivity index (χ4n) is 6.31. The standard InChI is InChI=1S/C36H44FN3O3/c1-24-9-6-13-31(37)32(24)35(42)40-18-8-12-30(34(41)38-29-11-7-10-28(21-29)36(3,4)5)33(40)27-16-14-26(15-17-27)22-39-19-20-43-23-25(39)2/h6-7,9-11,13-17,21,25,30,33H,8,12,18-20,22-23H2,1-5H3,(H,38,41)/t25-,30?,33?/m0/s1. The highest BCUT2D eigenvalue weighted by Crippen LogP contribution is 2.39. The van der Waals surface area contributed by atoms with Crippen LogP contribution in [0.4, 0.5) is 10.1 Å². The molecule has 2 saturated heterocycles. The number of halogens is 1. The van der Waals surface area contributed by atoms with Gasteiger partial charge in [-0.05, 0) is 72.6 Å². The molecule has 0 saturated carbocycles. The van der Waals surface area contributed by atoms with Crippen molar-refractivity contribution in [1.29, 1.82) is 0 Å². The summed E-state index contributed by atoms with van der Waals surface area (Å²) < 4.78 is 20.6. The number of nitrogens with one attached hydrogen (secondary N) is 1. The molecule has 228 valence electrons. The highest BCUT2D eigenvalue weighted by molar-refractivity contribution is 5.98. The summed E-state index contributed by atoms with van der Waals surface area (Å²) in [4.78, 5) is 32.1. The van der Waals surface area contributed by atoms with Crippen molar-refractivity contribution in [1.82, 2.24) is 9.80 Å². The average Bonchev–Trinajstić information content (AvgIpc) is 2.98. The molecular weight excluding hydrogens is 541 g/mol. The van der Waals surface area contributed by atoms with E-state index in [-0.39, 0.29) is 22.8 Å². The Morgan fingerprint density at radius 2 is 1.77 bits per heavy atom. The Morgan fingerprint density at radius 1 is 1.02 bits per heavy atom. The van der Waals surface area contributed by atoms with Gasteiger partial charge in [-0.25, -0.2) is 4.39 Å². The van der Waals surface area contributed by atoms with E-state index in [9.17, 15) is 9.59 Å². The van der Waals surface area contributed by atoms with Crippen LogP contribution < -0.4 is 5.32 Å². The molecule has 0 aliphatic carbocycles. The maximum Gasteiger partial charge on any atom is 0.257 e. The summed E-state index contributed by atoms with van der Waals surface area (Å²) >= 11 is 0. The van der Waals surface area contributed by atoms with Crippen LogP contribution in [-0.4, -0.2) is 54.0 Å². The second kappa shape index (κ2) is 13.0. The number of ether oxygens (including phenoxy) is 1. The molecule has 2 aliphatic rings. The minimum Gasteiger partial charge on any atom is -0.379 e. The summed E-state index contributed by atoms with van der Waals surface area (Å²) in [5.41, 5.74) is 4.51. The summed E-state index contributed by atoms with van der Waals surface area (Å²) in [7, 11) is 0. The predicted octanol–water partition coefficient (Wildman–Crippen LogP) is 6.88. The van der Waals surface area contributed by atoms with Crippen molar-refractivity contribution in [2.75, 3.05) is 31.6 Å². The van der Waals surface area contributed by atoms with E-state index in [1.54, 1.807) is 24.0 Å². The summed E-state index contributed by atoms with van der Waals surface area (Å²) in [5, 5.41) is 3.15. The van der Waals surface area contributed by atoms with Crippen LogP contribution in [0.3, 0.4) is 0 Å². The Bertz CT molecular complexity index is 1430. The fourth-order valence-corrected chi connectivity index (χ4v) is 6.31. The van der Waals surface area contributed by atoms with E-state index in [4.69, 9.17) is 4.74 Å². The summed E-state index contributed by atoms with van der Waals surface area (Å²) in [6.07, 6.45) is 1.28. The molecule has 3 aromatic rings. The van der Waals surface area contributed by atoms with Gasteiger partial charge >= 0.3 is 0 Å². The molecule has 0 aromatic heterocycles. The lowest BCUT2D eigenvalue weighted by Crippen LogP contribution is -2.46. The van der Waals surface area contributed by atoms with Gasteiger partial charge in [-0.3, -0.25) is 14.5 Å². The van der Waals surface area contributed by atoms with E-state index in [1.807, 2.05) is 30.3 Å². The minimum atomic E-state index is -0.538. The Labute approximate surface area is 255 Å². The average molecular weight is 586 g/mol. The Hall–Kier alpha value is -3.55. The van der Waals surface area contributed by atoms with Crippen LogP contribution in [0, 0.1) is 18.7 Å². The maximum atomic E-state index is 15.0. The van der Waals surface area contributed by atoms with Gasteiger partial charge in [0.1, 0.15) is 5.82 Å². The van der Waals surface area contributed by atoms with Gasteiger partial charge in [0, 0.05) is 31.4 Å². The van der Waals surface area contributed by atoms with Crippen LogP contribution in [0.5, 0.6) is 0 Å². The van der Waals surface area contributed by atoms with Crippen LogP contribution in [0.2, 0.25) is 0 Å². The molecule has 2 unspecified atom stereocenters. The van der Waals surface area contributed by atoms with E-state index < -0.39 is 17.8 Å². The van der Waals surface area contributed by atoms with Crippen molar-refractivity contribution in [3.63, 3.8) is 0 Å². The second-order valence-electron chi connectivity index (χ2n) is 13.1. The van der Waals surface area contributed by atoms with Crippen molar-refractivity contribution >= 4 is 17.5 Å². The Morgan fingerprint density at radius 3 is 2.47 bits per heavy atom. The number of nitrogens with zero attached hydrogens (tertiary/aromatic N) is 2. The fraction of sp³-hybridized carbons (Fsp3) is 0.444. The van der Waals surface area contributed by atoms with Crippen LogP contribution in [0.15, 0.2) is 66.7 Å². The molecule has 3 atom stereocenters. The molecule has 3 aromatic carbocycles.